The van der Waals surface area contributed by atoms with E-state index in [4.69, 9.17) is 4.74 Å². The third-order valence-electron chi connectivity index (χ3n) is 3.95. The number of nitrogens with one attached hydrogen (secondary N) is 1. The zero-order chi connectivity index (χ0) is 18.7. The lowest BCUT2D eigenvalue weighted by atomic mass is 10.1. The van der Waals surface area contributed by atoms with E-state index in [1.54, 1.807) is 0 Å². The highest BCUT2D eigenvalue weighted by Crippen LogP contribution is 2.33. The maximum Gasteiger partial charge on any atom is 0.341 e. The Labute approximate surface area is 159 Å². The molecule has 0 aliphatic rings. The molecule has 0 unspecified atom stereocenters. The van der Waals surface area contributed by atoms with E-state index in [2.05, 4.69) is 10.3 Å². The van der Waals surface area contributed by atoms with E-state index < -0.39 is 5.97 Å². The number of ether oxygens (including phenoxy) is 1. The Hall–Kier alpha value is -2.38. The Morgan fingerprint density at radius 1 is 1.19 bits per heavy atom. The first kappa shape index (κ1) is 18.4. The van der Waals surface area contributed by atoms with Gasteiger partial charge < -0.3 is 10.1 Å². The summed E-state index contributed by atoms with van der Waals surface area (Å²) >= 11 is 2.74. The largest absolute Gasteiger partial charge is 0.465 e. The van der Waals surface area contributed by atoms with E-state index in [1.165, 1.54) is 30.2 Å². The second-order valence-electron chi connectivity index (χ2n) is 5.66. The molecule has 0 aliphatic heterocycles. The van der Waals surface area contributed by atoms with E-state index in [0.29, 0.717) is 10.6 Å². The topological polar surface area (TPSA) is 68.3 Å². The number of thiophene rings is 1. The van der Waals surface area contributed by atoms with Crippen molar-refractivity contribution in [3.05, 3.63) is 52.4 Å². The number of methoxy groups -OCH3 is 1. The molecule has 2 heterocycles. The average molecular weight is 386 g/mol. The van der Waals surface area contributed by atoms with Gasteiger partial charge in [-0.3, -0.25) is 4.79 Å². The third-order valence-corrected chi connectivity index (χ3v) is 6.00. The standard InChI is InChI=1S/C19H18N2O3S2/c1-11-12(2)26-18(17(11)19(23)24-3)21-15(22)10-25-16-9-8-13-6-4-5-7-14(13)20-16/h4-9H,10H2,1-3H3,(H,21,22). The quantitative estimate of drug-likeness (QED) is 0.519. The number of thioether (sulfide) groups is 1. The second-order valence-corrected chi connectivity index (χ2v) is 7.88. The minimum atomic E-state index is -0.439. The summed E-state index contributed by atoms with van der Waals surface area (Å²) in [6.45, 7) is 3.76. The summed E-state index contributed by atoms with van der Waals surface area (Å²) in [7, 11) is 1.33. The van der Waals surface area contributed by atoms with Crippen LogP contribution in [0.3, 0.4) is 0 Å². The van der Waals surface area contributed by atoms with Gasteiger partial charge in [-0.2, -0.15) is 0 Å². The molecule has 0 saturated carbocycles. The van der Waals surface area contributed by atoms with Crippen molar-refractivity contribution in [2.75, 3.05) is 18.2 Å². The molecule has 0 bridgehead atoms. The summed E-state index contributed by atoms with van der Waals surface area (Å²) in [4.78, 5) is 29.8. The van der Waals surface area contributed by atoms with Gasteiger partial charge in [-0.1, -0.05) is 36.0 Å². The van der Waals surface area contributed by atoms with Crippen LogP contribution in [0.5, 0.6) is 0 Å². The second kappa shape index (κ2) is 7.88. The van der Waals surface area contributed by atoms with Crippen molar-refractivity contribution in [2.45, 2.75) is 18.9 Å². The van der Waals surface area contributed by atoms with Crippen molar-refractivity contribution in [1.29, 1.82) is 0 Å². The van der Waals surface area contributed by atoms with Crippen LogP contribution in [0.1, 0.15) is 20.8 Å². The molecular formula is C19H18N2O3S2. The molecule has 3 rings (SSSR count). The van der Waals surface area contributed by atoms with Crippen molar-refractivity contribution in [1.82, 2.24) is 4.98 Å². The predicted octanol–water partition coefficient (Wildman–Crippen LogP) is 4.43. The van der Waals surface area contributed by atoms with E-state index in [1.807, 2.05) is 50.2 Å². The van der Waals surface area contributed by atoms with Gasteiger partial charge in [-0.05, 0) is 31.5 Å². The van der Waals surface area contributed by atoms with Gasteiger partial charge in [0.2, 0.25) is 5.91 Å². The number of carbonyl (C=O) groups excluding carboxylic acids is 2. The molecule has 0 saturated heterocycles. The average Bonchev–Trinajstić information content (AvgIpc) is 2.92. The molecular weight excluding hydrogens is 368 g/mol. The minimum absolute atomic E-state index is 0.184. The molecule has 3 aromatic rings. The van der Waals surface area contributed by atoms with E-state index in [-0.39, 0.29) is 11.7 Å². The number of para-hydroxylation sites is 1. The number of pyridine rings is 1. The van der Waals surface area contributed by atoms with Gasteiger partial charge in [0.05, 0.1) is 29.0 Å². The number of carbonyl (C=O) groups is 2. The summed E-state index contributed by atoms with van der Waals surface area (Å²) in [5.41, 5.74) is 2.16. The highest BCUT2D eigenvalue weighted by atomic mass is 32.2. The molecule has 1 aromatic carbocycles. The molecule has 1 amide bonds. The molecule has 0 atom stereocenters. The molecule has 0 fully saturated rings. The Balaban J connectivity index is 1.69. The molecule has 1 N–H and O–H groups in total. The highest BCUT2D eigenvalue weighted by molar-refractivity contribution is 7.99. The van der Waals surface area contributed by atoms with Crippen LogP contribution in [-0.4, -0.2) is 29.7 Å². The summed E-state index contributed by atoms with van der Waals surface area (Å²) in [5.74, 6) is -0.413. The summed E-state index contributed by atoms with van der Waals surface area (Å²) < 4.78 is 4.82. The maximum atomic E-state index is 12.3. The predicted molar refractivity (Wildman–Crippen MR) is 106 cm³/mol. The molecule has 0 radical (unpaired) electrons. The minimum Gasteiger partial charge on any atom is -0.465 e. The van der Waals surface area contributed by atoms with Crippen LogP contribution >= 0.6 is 23.1 Å². The van der Waals surface area contributed by atoms with Crippen molar-refractivity contribution >= 4 is 50.9 Å². The molecule has 5 nitrogen and oxygen atoms in total. The van der Waals surface area contributed by atoms with Crippen LogP contribution in [-0.2, 0) is 9.53 Å². The smallest absolute Gasteiger partial charge is 0.341 e. The van der Waals surface area contributed by atoms with Gasteiger partial charge in [0.25, 0.3) is 0 Å². The first-order valence-corrected chi connectivity index (χ1v) is 9.76. The van der Waals surface area contributed by atoms with Gasteiger partial charge in [0, 0.05) is 10.3 Å². The Bertz CT molecular complexity index is 982. The van der Waals surface area contributed by atoms with Crippen LogP contribution in [0.2, 0.25) is 0 Å². The third kappa shape index (κ3) is 3.89. The maximum absolute atomic E-state index is 12.3. The van der Waals surface area contributed by atoms with Gasteiger partial charge in [-0.25, -0.2) is 9.78 Å². The first-order chi connectivity index (χ1) is 12.5. The highest BCUT2D eigenvalue weighted by Gasteiger charge is 2.21. The lowest BCUT2D eigenvalue weighted by molar-refractivity contribution is -0.113. The van der Waals surface area contributed by atoms with Crippen LogP contribution < -0.4 is 5.32 Å². The van der Waals surface area contributed by atoms with Gasteiger partial charge in [-0.15, -0.1) is 11.3 Å². The monoisotopic (exact) mass is 386 g/mol. The summed E-state index contributed by atoms with van der Waals surface area (Å²) in [5, 5.41) is 5.20. The van der Waals surface area contributed by atoms with Crippen LogP contribution in [0, 0.1) is 13.8 Å². The van der Waals surface area contributed by atoms with Crippen molar-refractivity contribution < 1.29 is 14.3 Å². The first-order valence-electron chi connectivity index (χ1n) is 7.96. The Morgan fingerprint density at radius 3 is 2.73 bits per heavy atom. The molecule has 2 aromatic heterocycles. The number of nitrogens with zero attached hydrogens (tertiary/aromatic N) is 1. The SMILES string of the molecule is COC(=O)c1c(NC(=O)CSc2ccc3ccccc3n2)sc(C)c1C. The summed E-state index contributed by atoms with van der Waals surface area (Å²) in [6, 6.07) is 11.7. The van der Waals surface area contributed by atoms with Crippen molar-refractivity contribution in [3.63, 3.8) is 0 Å². The number of aryl methyl sites for hydroxylation is 1. The zero-order valence-corrected chi connectivity index (χ0v) is 16.3. The molecule has 7 heteroatoms. The van der Waals surface area contributed by atoms with E-state index in [0.717, 1.165) is 26.4 Å². The number of anilines is 1. The number of amides is 1. The summed E-state index contributed by atoms with van der Waals surface area (Å²) in [6.07, 6.45) is 0. The molecule has 0 spiro atoms. The molecule has 134 valence electrons. The fourth-order valence-electron chi connectivity index (χ4n) is 2.49. The number of benzene rings is 1. The number of hydrogen-bond donors (Lipinski definition) is 1. The van der Waals surface area contributed by atoms with Gasteiger partial charge in [0.1, 0.15) is 5.00 Å². The number of rotatable bonds is 5. The van der Waals surface area contributed by atoms with Crippen LogP contribution in [0.15, 0.2) is 41.4 Å². The fourth-order valence-corrected chi connectivity index (χ4v) is 4.24. The Morgan fingerprint density at radius 2 is 1.96 bits per heavy atom. The van der Waals surface area contributed by atoms with E-state index >= 15 is 0 Å². The number of fused-ring (bicyclic) bond motifs is 1. The van der Waals surface area contributed by atoms with Crippen molar-refractivity contribution in [2.24, 2.45) is 0 Å². The van der Waals surface area contributed by atoms with E-state index in [9.17, 15) is 9.59 Å². The van der Waals surface area contributed by atoms with Crippen LogP contribution in [0.4, 0.5) is 5.00 Å². The van der Waals surface area contributed by atoms with Crippen molar-refractivity contribution in [3.8, 4) is 0 Å². The Kier molecular flexibility index (Phi) is 5.58. The molecule has 26 heavy (non-hydrogen) atoms. The van der Waals surface area contributed by atoms with Gasteiger partial charge in [0.15, 0.2) is 0 Å². The normalized spacial score (nSPS) is 10.7. The lowest BCUT2D eigenvalue weighted by Crippen LogP contribution is -2.16. The number of aromatic nitrogens is 1. The fraction of sp³-hybridized carbons (Fsp3) is 0.211. The number of hydrogen-bond acceptors (Lipinski definition) is 6. The molecule has 0 aliphatic carbocycles. The number of esters is 1. The van der Waals surface area contributed by atoms with Crippen LogP contribution in [0.25, 0.3) is 10.9 Å². The zero-order valence-electron chi connectivity index (χ0n) is 14.7. The lowest BCUT2D eigenvalue weighted by Gasteiger charge is -2.06. The van der Waals surface area contributed by atoms with Gasteiger partial charge >= 0.3 is 5.97 Å².